The molecule has 0 bridgehead atoms. The van der Waals surface area contributed by atoms with Crippen molar-refractivity contribution in [1.82, 2.24) is 10.2 Å². The largest absolute Gasteiger partial charge is 0.462 e. The highest BCUT2D eigenvalue weighted by atomic mass is 32.2. The van der Waals surface area contributed by atoms with Crippen molar-refractivity contribution in [2.24, 2.45) is 0 Å². The van der Waals surface area contributed by atoms with E-state index in [4.69, 9.17) is 4.74 Å². The van der Waals surface area contributed by atoms with E-state index < -0.39 is 5.25 Å². The van der Waals surface area contributed by atoms with E-state index in [0.29, 0.717) is 26.6 Å². The zero-order valence-corrected chi connectivity index (χ0v) is 22.1. The van der Waals surface area contributed by atoms with Crippen LogP contribution in [0.15, 0.2) is 22.5 Å². The van der Waals surface area contributed by atoms with Crippen LogP contribution in [0.1, 0.15) is 58.6 Å². The van der Waals surface area contributed by atoms with E-state index in [1.165, 1.54) is 44.9 Å². The second-order valence-electron chi connectivity index (χ2n) is 8.13. The fourth-order valence-corrected chi connectivity index (χ4v) is 6.99. The maximum Gasteiger partial charge on any atom is 0.341 e. The predicted molar refractivity (Wildman–Crippen MR) is 140 cm³/mol. The third-order valence-electron chi connectivity index (χ3n) is 5.79. The number of ether oxygens (including phenoxy) is 1. The Bertz CT molecular complexity index is 1200. The minimum absolute atomic E-state index is 0.173. The first-order chi connectivity index (χ1) is 16.4. The van der Waals surface area contributed by atoms with Crippen LogP contribution in [0.2, 0.25) is 0 Å². The molecule has 180 valence electrons. The number of anilines is 3. The van der Waals surface area contributed by atoms with Crippen molar-refractivity contribution in [3.05, 3.63) is 45.3 Å². The molecule has 0 fully saturated rings. The highest BCUT2D eigenvalue weighted by Crippen LogP contribution is 2.39. The lowest BCUT2D eigenvalue weighted by atomic mass is 9.95. The van der Waals surface area contributed by atoms with Crippen LogP contribution in [0.3, 0.4) is 0 Å². The van der Waals surface area contributed by atoms with Crippen LogP contribution >= 0.6 is 34.4 Å². The van der Waals surface area contributed by atoms with Gasteiger partial charge in [-0.1, -0.05) is 35.2 Å². The molecule has 1 amide bonds. The molecule has 2 N–H and O–H groups in total. The van der Waals surface area contributed by atoms with Crippen molar-refractivity contribution in [1.29, 1.82) is 0 Å². The van der Waals surface area contributed by atoms with Crippen molar-refractivity contribution in [3.8, 4) is 0 Å². The molecule has 10 heteroatoms. The van der Waals surface area contributed by atoms with Crippen LogP contribution in [0, 0.1) is 13.8 Å². The Morgan fingerprint density at radius 3 is 2.76 bits per heavy atom. The smallest absolute Gasteiger partial charge is 0.341 e. The van der Waals surface area contributed by atoms with Gasteiger partial charge in [0, 0.05) is 10.6 Å². The van der Waals surface area contributed by atoms with Gasteiger partial charge in [0.05, 0.1) is 17.4 Å². The van der Waals surface area contributed by atoms with Gasteiger partial charge < -0.3 is 15.4 Å². The minimum Gasteiger partial charge on any atom is -0.462 e. The molecule has 4 rings (SSSR count). The molecule has 0 saturated heterocycles. The number of hydrogen-bond acceptors (Lipinski definition) is 9. The number of esters is 1. The molecule has 0 spiro atoms. The number of nitrogens with zero attached hydrogens (tertiary/aromatic N) is 2. The molecule has 2 heterocycles. The summed E-state index contributed by atoms with van der Waals surface area (Å²) in [6.07, 6.45) is 3.94. The number of carbonyl (C=O) groups is 2. The van der Waals surface area contributed by atoms with E-state index >= 15 is 0 Å². The molecule has 1 aliphatic carbocycles. The molecule has 0 saturated carbocycles. The summed E-state index contributed by atoms with van der Waals surface area (Å²) < 4.78 is 5.99. The Labute approximate surface area is 211 Å². The molecule has 7 nitrogen and oxygen atoms in total. The first-order valence-corrected chi connectivity index (χ1v) is 13.8. The number of carbonyl (C=O) groups excluding carboxylic acids is 2. The van der Waals surface area contributed by atoms with Crippen molar-refractivity contribution >= 4 is 62.1 Å². The van der Waals surface area contributed by atoms with Crippen molar-refractivity contribution in [2.45, 2.75) is 63.0 Å². The second-order valence-corrected chi connectivity index (χ2v) is 11.8. The Hall–Kier alpha value is -2.43. The number of aryl methyl sites for hydroxylation is 2. The predicted octanol–water partition coefficient (Wildman–Crippen LogP) is 6.13. The van der Waals surface area contributed by atoms with Crippen LogP contribution < -0.4 is 10.6 Å². The van der Waals surface area contributed by atoms with Gasteiger partial charge in [0.15, 0.2) is 4.34 Å². The second kappa shape index (κ2) is 10.9. The van der Waals surface area contributed by atoms with Gasteiger partial charge >= 0.3 is 5.97 Å². The maximum atomic E-state index is 13.0. The zero-order valence-electron chi connectivity index (χ0n) is 19.7. The molecule has 1 aromatic carbocycles. The maximum absolute atomic E-state index is 13.0. The molecule has 2 aromatic heterocycles. The van der Waals surface area contributed by atoms with Gasteiger partial charge in [-0.2, -0.15) is 0 Å². The van der Waals surface area contributed by atoms with E-state index in [1.807, 2.05) is 19.1 Å². The van der Waals surface area contributed by atoms with E-state index in [1.54, 1.807) is 6.92 Å². The van der Waals surface area contributed by atoms with Gasteiger partial charge in [-0.3, -0.25) is 4.79 Å². The topological polar surface area (TPSA) is 93.2 Å². The Morgan fingerprint density at radius 1 is 1.18 bits per heavy atom. The summed E-state index contributed by atoms with van der Waals surface area (Å²) in [4.78, 5) is 26.8. The van der Waals surface area contributed by atoms with Crippen LogP contribution in [0.25, 0.3) is 0 Å². The summed E-state index contributed by atoms with van der Waals surface area (Å²) in [5.41, 5.74) is 4.92. The molecule has 0 radical (unpaired) electrons. The highest BCUT2D eigenvalue weighted by molar-refractivity contribution is 8.02. The number of fused-ring (bicyclic) bond motifs is 1. The lowest BCUT2D eigenvalue weighted by Crippen LogP contribution is -2.23. The van der Waals surface area contributed by atoms with Gasteiger partial charge in [-0.25, -0.2) is 4.79 Å². The number of hydrogen-bond donors (Lipinski definition) is 2. The first-order valence-electron chi connectivity index (χ1n) is 11.3. The Balaban J connectivity index is 1.44. The number of thioether (sulfide) groups is 1. The summed E-state index contributed by atoms with van der Waals surface area (Å²) in [7, 11) is 0. The SMILES string of the molecule is CCOC(=O)c1c(NC(=O)C(C)Sc2nnc(Nc3cccc(C)c3C)s2)sc2c1CCCC2. The number of nitrogens with one attached hydrogen (secondary N) is 2. The Morgan fingerprint density at radius 2 is 1.97 bits per heavy atom. The fraction of sp³-hybridized carbons (Fsp3) is 0.417. The first kappa shape index (κ1) is 24.7. The van der Waals surface area contributed by atoms with Gasteiger partial charge in [0.2, 0.25) is 11.0 Å². The van der Waals surface area contributed by atoms with Crippen molar-refractivity contribution in [2.75, 3.05) is 17.2 Å². The number of benzene rings is 1. The minimum atomic E-state index is -0.407. The van der Waals surface area contributed by atoms with Crippen LogP contribution in [0.5, 0.6) is 0 Å². The van der Waals surface area contributed by atoms with Gasteiger partial charge in [-0.05, 0) is 76.1 Å². The van der Waals surface area contributed by atoms with Crippen LogP contribution in [-0.4, -0.2) is 33.9 Å². The third kappa shape index (κ3) is 5.45. The Kier molecular flexibility index (Phi) is 7.90. The fourth-order valence-electron chi connectivity index (χ4n) is 3.80. The van der Waals surface area contributed by atoms with Crippen LogP contribution in [0.4, 0.5) is 15.8 Å². The monoisotopic (exact) mass is 516 g/mol. The zero-order chi connectivity index (χ0) is 24.2. The summed E-state index contributed by atoms with van der Waals surface area (Å²) in [6, 6.07) is 6.08. The van der Waals surface area contributed by atoms with E-state index in [-0.39, 0.29) is 11.9 Å². The number of rotatable bonds is 8. The van der Waals surface area contributed by atoms with Crippen molar-refractivity contribution < 1.29 is 14.3 Å². The molecule has 1 unspecified atom stereocenters. The molecule has 1 atom stereocenters. The van der Waals surface area contributed by atoms with Crippen LogP contribution in [-0.2, 0) is 22.4 Å². The summed E-state index contributed by atoms with van der Waals surface area (Å²) in [5, 5.41) is 15.6. The molecule has 3 aromatic rings. The average Bonchev–Trinajstić information content (AvgIpc) is 3.40. The number of amides is 1. The number of aromatic nitrogens is 2. The standard InChI is InChI=1S/C24H28N4O3S3/c1-5-31-22(30)19-16-10-6-7-12-18(16)33-21(19)26-20(29)15(4)32-24-28-27-23(34-24)25-17-11-8-9-13(2)14(17)3/h8-9,11,15H,5-7,10,12H2,1-4H3,(H,25,27)(H,26,29). The molecular formula is C24H28N4O3S3. The van der Waals surface area contributed by atoms with E-state index in [0.717, 1.165) is 42.5 Å². The molecular weight excluding hydrogens is 488 g/mol. The van der Waals surface area contributed by atoms with Crippen molar-refractivity contribution in [3.63, 3.8) is 0 Å². The molecule has 1 aliphatic rings. The molecule has 34 heavy (non-hydrogen) atoms. The van der Waals surface area contributed by atoms with E-state index in [2.05, 4.69) is 40.7 Å². The average molecular weight is 517 g/mol. The third-order valence-corrected chi connectivity index (χ3v) is 9.02. The van der Waals surface area contributed by atoms with Gasteiger partial charge in [0.25, 0.3) is 0 Å². The molecule has 0 aliphatic heterocycles. The quantitative estimate of drug-likeness (QED) is 0.275. The number of thiophene rings is 1. The van der Waals surface area contributed by atoms with Gasteiger partial charge in [0.1, 0.15) is 5.00 Å². The summed E-state index contributed by atoms with van der Waals surface area (Å²) in [5.74, 6) is -0.530. The highest BCUT2D eigenvalue weighted by Gasteiger charge is 2.28. The normalized spacial score (nSPS) is 13.8. The summed E-state index contributed by atoms with van der Waals surface area (Å²) >= 11 is 4.26. The van der Waals surface area contributed by atoms with Gasteiger partial charge in [-0.15, -0.1) is 21.5 Å². The lowest BCUT2D eigenvalue weighted by molar-refractivity contribution is -0.115. The van der Waals surface area contributed by atoms with E-state index in [9.17, 15) is 9.59 Å². The summed E-state index contributed by atoms with van der Waals surface area (Å²) in [6.45, 7) is 8.06. The lowest BCUT2D eigenvalue weighted by Gasteiger charge is -2.13.